The molecular weight excluding hydrogens is 100 g/mol. The molecule has 0 saturated heterocycles. The summed E-state index contributed by atoms with van der Waals surface area (Å²) in [4.78, 5) is 18.7. The molecule has 0 aliphatic heterocycles. The van der Waals surface area contributed by atoms with Crippen molar-refractivity contribution in [3.8, 4) is 0 Å². The minimum atomic E-state index is -1.56. The molecule has 1 N–H and O–H groups in total. The standard InChI is InChI=1S/C3H3O4/c4-2(5)1-3(6)7/h1H2,(H,4,5). The Morgan fingerprint density at radius 3 is 1.86 bits per heavy atom. The lowest BCUT2D eigenvalue weighted by molar-refractivity contribution is -0.150. The van der Waals surface area contributed by atoms with Crippen molar-refractivity contribution in [2.75, 3.05) is 0 Å². The lowest BCUT2D eigenvalue weighted by atomic mass is 10.5. The normalized spacial score (nSPS) is 8.00. The van der Waals surface area contributed by atoms with E-state index in [-0.39, 0.29) is 0 Å². The summed E-state index contributed by atoms with van der Waals surface area (Å²) in [5, 5.41) is 17.0. The quantitative estimate of drug-likeness (QED) is 0.475. The molecule has 39 valence electrons. The highest BCUT2D eigenvalue weighted by molar-refractivity contribution is 5.88. The van der Waals surface area contributed by atoms with E-state index >= 15 is 0 Å². The molecule has 0 unspecified atom stereocenters. The summed E-state index contributed by atoms with van der Waals surface area (Å²) >= 11 is 0. The first kappa shape index (κ1) is 5.94. The van der Waals surface area contributed by atoms with Crippen LogP contribution < -0.4 is 0 Å². The topological polar surface area (TPSA) is 74.3 Å². The molecular formula is C3H3O4. The molecule has 0 aromatic heterocycles. The van der Waals surface area contributed by atoms with Crippen LogP contribution >= 0.6 is 0 Å². The summed E-state index contributed by atoms with van der Waals surface area (Å²) in [7, 11) is 0. The molecule has 0 aliphatic rings. The number of carbonyl (C=O) groups excluding carboxylic acids is 1. The fraction of sp³-hybridized carbons (Fsp3) is 0.333. The number of aliphatic carboxylic acids is 1. The van der Waals surface area contributed by atoms with Gasteiger partial charge in [-0.1, -0.05) is 0 Å². The van der Waals surface area contributed by atoms with Gasteiger partial charge in [0.25, 0.3) is 0 Å². The lowest BCUT2D eigenvalue weighted by Crippen LogP contribution is -2.02. The Morgan fingerprint density at radius 2 is 1.86 bits per heavy atom. The van der Waals surface area contributed by atoms with Gasteiger partial charge in [0.05, 0.1) is 0 Å². The predicted octanol–water partition coefficient (Wildman–Crippen LogP) is -0.582. The zero-order valence-electron chi connectivity index (χ0n) is 3.38. The van der Waals surface area contributed by atoms with Crippen molar-refractivity contribution in [2.45, 2.75) is 6.42 Å². The van der Waals surface area contributed by atoms with Gasteiger partial charge < -0.3 is 5.11 Å². The average molecular weight is 103 g/mol. The second kappa shape index (κ2) is 2.17. The molecule has 0 atom stereocenters. The summed E-state index contributed by atoms with van der Waals surface area (Å²) in [6.07, 6.45) is -0.917. The third-order valence-corrected chi connectivity index (χ3v) is 0.296. The van der Waals surface area contributed by atoms with Crippen LogP contribution in [0.4, 0.5) is 0 Å². The van der Waals surface area contributed by atoms with Crippen LogP contribution in [0.1, 0.15) is 6.42 Å². The Labute approximate surface area is 39.4 Å². The minimum Gasteiger partial charge on any atom is -0.481 e. The second-order valence-electron chi connectivity index (χ2n) is 0.943. The fourth-order valence-corrected chi connectivity index (χ4v) is 0.123. The van der Waals surface area contributed by atoms with E-state index in [0.29, 0.717) is 0 Å². The van der Waals surface area contributed by atoms with E-state index in [9.17, 15) is 14.7 Å². The Balaban J connectivity index is 3.32. The molecule has 0 amide bonds. The monoisotopic (exact) mass is 103 g/mol. The SMILES string of the molecule is [O]C(=O)CC(=O)O. The van der Waals surface area contributed by atoms with Crippen molar-refractivity contribution < 1.29 is 19.8 Å². The number of carboxylic acids is 1. The molecule has 0 aliphatic carbocycles. The second-order valence-corrected chi connectivity index (χ2v) is 0.943. The first-order chi connectivity index (χ1) is 3.13. The van der Waals surface area contributed by atoms with E-state index in [2.05, 4.69) is 0 Å². The largest absolute Gasteiger partial charge is 0.481 e. The van der Waals surface area contributed by atoms with Gasteiger partial charge in [0.15, 0.2) is 0 Å². The molecule has 0 rings (SSSR count). The van der Waals surface area contributed by atoms with Gasteiger partial charge in [0.1, 0.15) is 6.42 Å². The smallest absolute Gasteiger partial charge is 0.366 e. The van der Waals surface area contributed by atoms with Crippen LogP contribution in [0.2, 0.25) is 0 Å². The van der Waals surface area contributed by atoms with E-state index in [1.165, 1.54) is 0 Å². The number of hydrogen-bond donors (Lipinski definition) is 1. The van der Waals surface area contributed by atoms with Crippen LogP contribution in [0, 0.1) is 0 Å². The highest BCUT2D eigenvalue weighted by atomic mass is 16.4. The van der Waals surface area contributed by atoms with Crippen molar-refractivity contribution >= 4 is 11.9 Å². The van der Waals surface area contributed by atoms with Gasteiger partial charge in [-0.05, 0) is 0 Å². The Morgan fingerprint density at radius 1 is 1.43 bits per heavy atom. The maximum atomic E-state index is 9.39. The summed E-state index contributed by atoms with van der Waals surface area (Å²) in [5.41, 5.74) is 0. The van der Waals surface area contributed by atoms with E-state index in [0.717, 1.165) is 0 Å². The molecule has 0 saturated carbocycles. The summed E-state index contributed by atoms with van der Waals surface area (Å²) in [6, 6.07) is 0. The molecule has 0 spiro atoms. The van der Waals surface area contributed by atoms with Crippen LogP contribution in [0.25, 0.3) is 0 Å². The zero-order chi connectivity index (χ0) is 5.86. The Kier molecular flexibility index (Phi) is 1.84. The van der Waals surface area contributed by atoms with E-state index in [1.54, 1.807) is 0 Å². The van der Waals surface area contributed by atoms with Gasteiger partial charge >= 0.3 is 11.9 Å². The van der Waals surface area contributed by atoms with Gasteiger partial charge in [-0.25, -0.2) is 9.90 Å². The molecule has 4 heteroatoms. The molecule has 1 radical (unpaired) electrons. The summed E-state index contributed by atoms with van der Waals surface area (Å²) in [5.74, 6) is -2.94. The number of carbonyl (C=O) groups is 2. The average Bonchev–Trinajstić information content (AvgIpc) is 1.27. The third kappa shape index (κ3) is 4.94. The van der Waals surface area contributed by atoms with Crippen molar-refractivity contribution in [1.29, 1.82) is 0 Å². The van der Waals surface area contributed by atoms with Gasteiger partial charge in [-0.2, -0.15) is 0 Å². The minimum absolute atomic E-state index is 0.917. The fourth-order valence-electron chi connectivity index (χ4n) is 0.123. The summed E-state index contributed by atoms with van der Waals surface area (Å²) < 4.78 is 0. The van der Waals surface area contributed by atoms with Crippen LogP contribution in [0.5, 0.6) is 0 Å². The van der Waals surface area contributed by atoms with Crippen molar-refractivity contribution in [3.05, 3.63) is 0 Å². The first-order valence-electron chi connectivity index (χ1n) is 1.54. The first-order valence-corrected chi connectivity index (χ1v) is 1.54. The van der Waals surface area contributed by atoms with Crippen LogP contribution in [0.3, 0.4) is 0 Å². The summed E-state index contributed by atoms with van der Waals surface area (Å²) in [6.45, 7) is 0. The molecule has 0 fully saturated rings. The Bertz CT molecular complexity index is 83.1. The van der Waals surface area contributed by atoms with Gasteiger partial charge in [0, 0.05) is 0 Å². The zero-order valence-corrected chi connectivity index (χ0v) is 3.38. The molecule has 4 nitrogen and oxygen atoms in total. The predicted molar refractivity (Wildman–Crippen MR) is 17.9 cm³/mol. The number of rotatable bonds is 2. The van der Waals surface area contributed by atoms with Crippen LogP contribution in [-0.2, 0) is 14.7 Å². The van der Waals surface area contributed by atoms with E-state index in [1.807, 2.05) is 0 Å². The van der Waals surface area contributed by atoms with Crippen molar-refractivity contribution in [3.63, 3.8) is 0 Å². The highest BCUT2D eigenvalue weighted by Crippen LogP contribution is 1.75. The number of hydrogen-bond acceptors (Lipinski definition) is 2. The van der Waals surface area contributed by atoms with Crippen LogP contribution in [-0.4, -0.2) is 17.0 Å². The molecule has 0 aromatic carbocycles. The van der Waals surface area contributed by atoms with E-state index < -0.39 is 18.4 Å². The van der Waals surface area contributed by atoms with Crippen molar-refractivity contribution in [1.82, 2.24) is 0 Å². The van der Waals surface area contributed by atoms with Gasteiger partial charge in [-0.15, -0.1) is 0 Å². The molecule has 0 heterocycles. The van der Waals surface area contributed by atoms with Gasteiger partial charge in [0.2, 0.25) is 0 Å². The third-order valence-electron chi connectivity index (χ3n) is 0.296. The molecule has 0 bridgehead atoms. The maximum absolute atomic E-state index is 9.39. The van der Waals surface area contributed by atoms with Crippen LogP contribution in [0.15, 0.2) is 0 Å². The Hall–Kier alpha value is -1.06. The van der Waals surface area contributed by atoms with E-state index in [4.69, 9.17) is 5.11 Å². The van der Waals surface area contributed by atoms with Crippen molar-refractivity contribution in [2.24, 2.45) is 0 Å². The van der Waals surface area contributed by atoms with Gasteiger partial charge in [-0.3, -0.25) is 4.79 Å². The lowest BCUT2D eigenvalue weighted by Gasteiger charge is -1.76. The number of carboxylic acid groups (broad SMARTS) is 1. The molecule has 0 aromatic rings. The highest BCUT2D eigenvalue weighted by Gasteiger charge is 2.04. The molecule has 7 heavy (non-hydrogen) atoms. The maximum Gasteiger partial charge on any atom is 0.366 e.